The van der Waals surface area contributed by atoms with Crippen molar-refractivity contribution in [1.29, 1.82) is 0 Å². The van der Waals surface area contributed by atoms with E-state index in [9.17, 15) is 4.79 Å². The van der Waals surface area contributed by atoms with Crippen molar-refractivity contribution in [3.8, 4) is 0 Å². The molecular weight excluding hydrogens is 264 g/mol. The third-order valence-corrected chi connectivity index (χ3v) is 0.994. The van der Waals surface area contributed by atoms with E-state index in [1.54, 1.807) is 0 Å². The van der Waals surface area contributed by atoms with Crippen LogP contribution >= 0.6 is 34.0 Å². The fraction of sp³-hybridized carbons (Fsp3) is 0.833. The Balaban J connectivity index is -0.000000245. The van der Waals surface area contributed by atoms with E-state index in [2.05, 4.69) is 6.92 Å². The highest BCUT2D eigenvalue weighted by molar-refractivity contribution is 8.93. The molecule has 2 nitrogen and oxygen atoms in total. The molecule has 0 unspecified atom stereocenters. The Labute approximate surface area is 82.5 Å². The van der Waals surface area contributed by atoms with Gasteiger partial charge in [0.1, 0.15) is 0 Å². The summed E-state index contributed by atoms with van der Waals surface area (Å²) < 4.78 is 0. The van der Waals surface area contributed by atoms with E-state index >= 15 is 0 Å². The van der Waals surface area contributed by atoms with Gasteiger partial charge in [0, 0.05) is 6.42 Å². The van der Waals surface area contributed by atoms with Gasteiger partial charge in [0.25, 0.3) is 0 Å². The number of carbonyl (C=O) groups is 1. The van der Waals surface area contributed by atoms with Crippen molar-refractivity contribution in [3.63, 3.8) is 0 Å². The van der Waals surface area contributed by atoms with Crippen molar-refractivity contribution in [3.05, 3.63) is 0 Å². The monoisotopic (exact) mass is 276 g/mol. The summed E-state index contributed by atoms with van der Waals surface area (Å²) in [5.41, 5.74) is 0. The summed E-state index contributed by atoms with van der Waals surface area (Å²) in [5.74, 6) is -0.682. The van der Waals surface area contributed by atoms with Crippen molar-refractivity contribution < 1.29 is 9.90 Å². The van der Waals surface area contributed by atoms with Gasteiger partial charge < -0.3 is 5.11 Å². The molecule has 0 heterocycles. The van der Waals surface area contributed by atoms with Crippen LogP contribution in [0.25, 0.3) is 0 Å². The second-order valence-electron chi connectivity index (χ2n) is 1.85. The molecule has 0 aromatic carbocycles. The van der Waals surface area contributed by atoms with Crippen molar-refractivity contribution >= 4 is 39.9 Å². The lowest BCUT2D eigenvalue weighted by molar-refractivity contribution is -0.137. The summed E-state index contributed by atoms with van der Waals surface area (Å²) in [6.07, 6.45) is 3.28. The van der Waals surface area contributed by atoms with Gasteiger partial charge in [-0.05, 0) is 6.42 Å². The molecule has 0 fully saturated rings. The van der Waals surface area contributed by atoms with Gasteiger partial charge in [0.05, 0.1) is 0 Å². The second kappa shape index (κ2) is 12.1. The van der Waals surface area contributed by atoms with E-state index in [-0.39, 0.29) is 34.0 Å². The van der Waals surface area contributed by atoms with Gasteiger partial charge in [-0.15, -0.1) is 34.0 Å². The summed E-state index contributed by atoms with van der Waals surface area (Å²) in [7, 11) is 0. The minimum Gasteiger partial charge on any atom is -0.481 e. The molecular formula is C6H14Br2O2. The van der Waals surface area contributed by atoms with Crippen LogP contribution in [0.3, 0.4) is 0 Å². The van der Waals surface area contributed by atoms with E-state index in [0.717, 1.165) is 19.3 Å². The van der Waals surface area contributed by atoms with Gasteiger partial charge in [-0.25, -0.2) is 0 Å². The average Bonchev–Trinajstić information content (AvgIpc) is 1.66. The predicted molar refractivity (Wildman–Crippen MR) is 52.4 cm³/mol. The molecule has 0 bridgehead atoms. The van der Waals surface area contributed by atoms with Crippen molar-refractivity contribution in [2.45, 2.75) is 32.6 Å². The zero-order chi connectivity index (χ0) is 6.41. The molecule has 0 saturated carbocycles. The number of hydrogen-bond donors (Lipinski definition) is 1. The topological polar surface area (TPSA) is 37.3 Å². The fourth-order valence-electron chi connectivity index (χ4n) is 0.526. The number of aliphatic carboxylic acids is 1. The highest BCUT2D eigenvalue weighted by Gasteiger charge is 1.92. The van der Waals surface area contributed by atoms with Crippen molar-refractivity contribution in [1.82, 2.24) is 0 Å². The minimum absolute atomic E-state index is 0. The smallest absolute Gasteiger partial charge is 0.303 e. The molecule has 0 saturated heterocycles. The zero-order valence-corrected chi connectivity index (χ0v) is 9.43. The Kier molecular flexibility index (Phi) is 20.4. The summed E-state index contributed by atoms with van der Waals surface area (Å²) >= 11 is 0. The van der Waals surface area contributed by atoms with E-state index in [1.165, 1.54) is 0 Å². The molecule has 64 valence electrons. The normalized spacial score (nSPS) is 7.30. The first kappa shape index (κ1) is 16.8. The molecule has 0 spiro atoms. The predicted octanol–water partition coefficient (Wildman–Crippen LogP) is 2.81. The van der Waals surface area contributed by atoms with Crippen LogP contribution in [0.5, 0.6) is 0 Å². The summed E-state index contributed by atoms with van der Waals surface area (Å²) in [5, 5.41) is 8.14. The molecule has 0 radical (unpaired) electrons. The van der Waals surface area contributed by atoms with Crippen molar-refractivity contribution in [2.75, 3.05) is 0 Å². The fourth-order valence-corrected chi connectivity index (χ4v) is 0.526. The lowest BCUT2D eigenvalue weighted by atomic mass is 10.2. The maximum Gasteiger partial charge on any atom is 0.303 e. The average molecular weight is 278 g/mol. The Bertz CT molecular complexity index is 76.1. The lowest BCUT2D eigenvalue weighted by Gasteiger charge is -1.89. The highest BCUT2D eigenvalue weighted by Crippen LogP contribution is 1.97. The van der Waals surface area contributed by atoms with Crippen LogP contribution in [0.2, 0.25) is 0 Å². The van der Waals surface area contributed by atoms with E-state index in [1.807, 2.05) is 0 Å². The third-order valence-electron chi connectivity index (χ3n) is 0.994. The van der Waals surface area contributed by atoms with Crippen LogP contribution in [0, 0.1) is 0 Å². The maximum atomic E-state index is 9.87. The lowest BCUT2D eigenvalue weighted by Crippen LogP contribution is -1.92. The Hall–Kier alpha value is 0.430. The summed E-state index contributed by atoms with van der Waals surface area (Å²) in [4.78, 5) is 9.87. The van der Waals surface area contributed by atoms with Crippen LogP contribution in [0.4, 0.5) is 0 Å². The van der Waals surface area contributed by atoms with Crippen LogP contribution in [0.1, 0.15) is 32.6 Å². The number of carboxylic acid groups (broad SMARTS) is 1. The van der Waals surface area contributed by atoms with Crippen LogP contribution < -0.4 is 0 Å². The largest absolute Gasteiger partial charge is 0.481 e. The van der Waals surface area contributed by atoms with Gasteiger partial charge in [-0.1, -0.05) is 19.8 Å². The van der Waals surface area contributed by atoms with Gasteiger partial charge in [0.2, 0.25) is 0 Å². The number of rotatable bonds is 4. The van der Waals surface area contributed by atoms with Crippen LogP contribution in [-0.4, -0.2) is 11.1 Å². The summed E-state index contributed by atoms with van der Waals surface area (Å²) in [6.45, 7) is 2.06. The molecule has 0 aliphatic heterocycles. The molecule has 0 rings (SSSR count). The standard InChI is InChI=1S/C6H12O2.2BrH/c1-2-3-4-5-6(7)8;;/h2-5H2,1H3,(H,7,8);2*1H. The molecule has 0 amide bonds. The number of carboxylic acids is 1. The molecule has 0 aromatic rings. The molecule has 1 N–H and O–H groups in total. The molecule has 4 heteroatoms. The Morgan fingerprint density at radius 2 is 1.80 bits per heavy atom. The van der Waals surface area contributed by atoms with Crippen molar-refractivity contribution in [2.24, 2.45) is 0 Å². The molecule has 0 aliphatic rings. The van der Waals surface area contributed by atoms with Gasteiger partial charge in [-0.2, -0.15) is 0 Å². The second-order valence-corrected chi connectivity index (χ2v) is 1.85. The maximum absolute atomic E-state index is 9.87. The number of unbranched alkanes of at least 4 members (excludes halogenated alkanes) is 2. The van der Waals surface area contributed by atoms with Gasteiger partial charge >= 0.3 is 5.97 Å². The highest BCUT2D eigenvalue weighted by atomic mass is 79.9. The van der Waals surface area contributed by atoms with Gasteiger partial charge in [-0.3, -0.25) is 4.79 Å². The van der Waals surface area contributed by atoms with E-state index in [4.69, 9.17) is 5.11 Å². The van der Waals surface area contributed by atoms with Gasteiger partial charge in [0.15, 0.2) is 0 Å². The van der Waals surface area contributed by atoms with Crippen LogP contribution in [0.15, 0.2) is 0 Å². The minimum atomic E-state index is -0.682. The number of hydrogen-bond acceptors (Lipinski definition) is 1. The molecule has 0 aliphatic carbocycles. The SMILES string of the molecule is Br.Br.CCCCCC(=O)O. The third kappa shape index (κ3) is 15.8. The first-order chi connectivity index (χ1) is 3.77. The molecule has 10 heavy (non-hydrogen) atoms. The summed E-state index contributed by atoms with van der Waals surface area (Å²) in [6, 6.07) is 0. The quantitative estimate of drug-likeness (QED) is 0.803. The molecule has 0 atom stereocenters. The number of halogens is 2. The molecule has 0 aromatic heterocycles. The van der Waals surface area contributed by atoms with Crippen LogP contribution in [-0.2, 0) is 4.79 Å². The Morgan fingerprint density at radius 3 is 2.10 bits per heavy atom. The first-order valence-corrected chi connectivity index (χ1v) is 2.99. The Morgan fingerprint density at radius 1 is 1.30 bits per heavy atom. The van der Waals surface area contributed by atoms with E-state index < -0.39 is 5.97 Å². The van der Waals surface area contributed by atoms with E-state index in [0.29, 0.717) is 6.42 Å². The zero-order valence-electron chi connectivity index (χ0n) is 6.00. The first-order valence-electron chi connectivity index (χ1n) is 2.99.